The highest BCUT2D eigenvalue weighted by Crippen LogP contribution is 2.22. The quantitative estimate of drug-likeness (QED) is 0.477. The van der Waals surface area contributed by atoms with Crippen LogP contribution >= 0.6 is 0 Å². The molecule has 1 aliphatic heterocycles. The van der Waals surface area contributed by atoms with Gasteiger partial charge < -0.3 is 19.9 Å². The number of para-hydroxylation sites is 1. The van der Waals surface area contributed by atoms with Gasteiger partial charge in [-0.3, -0.25) is 4.79 Å². The predicted octanol–water partition coefficient (Wildman–Crippen LogP) is 3.58. The maximum Gasteiger partial charge on any atom is 0.261 e. The van der Waals surface area contributed by atoms with E-state index in [-0.39, 0.29) is 11.5 Å². The van der Waals surface area contributed by atoms with Crippen molar-refractivity contribution >= 4 is 28.6 Å². The third-order valence-corrected chi connectivity index (χ3v) is 5.65. The van der Waals surface area contributed by atoms with Gasteiger partial charge in [0.2, 0.25) is 0 Å². The number of aromatic amines is 1. The molecular formula is C25H26N4O2. The summed E-state index contributed by atoms with van der Waals surface area (Å²) >= 11 is 0. The molecule has 1 aliphatic rings. The highest BCUT2D eigenvalue weighted by atomic mass is 16.5. The van der Waals surface area contributed by atoms with Crippen molar-refractivity contribution in [2.75, 3.05) is 37.7 Å². The number of benzene rings is 2. The lowest BCUT2D eigenvalue weighted by Gasteiger charge is -2.29. The van der Waals surface area contributed by atoms with Crippen LogP contribution in [0.5, 0.6) is 0 Å². The summed E-state index contributed by atoms with van der Waals surface area (Å²) in [6.45, 7) is 5.68. The number of rotatable bonds is 6. The summed E-state index contributed by atoms with van der Waals surface area (Å²) in [5, 5.41) is 13.6. The lowest BCUT2D eigenvalue weighted by Crippen LogP contribution is -2.36. The zero-order valence-corrected chi connectivity index (χ0v) is 17.6. The number of morpholine rings is 1. The number of nitriles is 1. The molecule has 158 valence electrons. The number of aryl methyl sites for hydroxylation is 1. The molecule has 3 aromatic rings. The molecule has 1 fully saturated rings. The fraction of sp³-hybridized carbons (Fsp3) is 0.280. The van der Waals surface area contributed by atoms with Crippen LogP contribution in [0.3, 0.4) is 0 Å². The van der Waals surface area contributed by atoms with Gasteiger partial charge in [-0.15, -0.1) is 0 Å². The van der Waals surface area contributed by atoms with E-state index in [0.717, 1.165) is 59.6 Å². The van der Waals surface area contributed by atoms with E-state index in [1.54, 1.807) is 6.08 Å². The molecule has 1 aromatic heterocycles. The first-order chi connectivity index (χ1) is 15.2. The number of nitrogens with one attached hydrogen (secondary N) is 2. The minimum atomic E-state index is -0.348. The summed E-state index contributed by atoms with van der Waals surface area (Å²) in [7, 11) is 0. The molecule has 0 unspecified atom stereocenters. The van der Waals surface area contributed by atoms with Crippen molar-refractivity contribution in [2.45, 2.75) is 13.3 Å². The first kappa shape index (κ1) is 20.7. The Balaban J connectivity index is 1.40. The summed E-state index contributed by atoms with van der Waals surface area (Å²) in [6, 6.07) is 16.2. The topological polar surface area (TPSA) is 81.2 Å². The minimum Gasteiger partial charge on any atom is -0.378 e. The van der Waals surface area contributed by atoms with Crippen LogP contribution in [0.1, 0.15) is 16.7 Å². The van der Waals surface area contributed by atoms with E-state index < -0.39 is 0 Å². The van der Waals surface area contributed by atoms with Crippen molar-refractivity contribution in [1.82, 2.24) is 10.3 Å². The average Bonchev–Trinajstić information content (AvgIpc) is 3.22. The van der Waals surface area contributed by atoms with Crippen LogP contribution in [0.15, 0.2) is 54.2 Å². The molecular weight excluding hydrogens is 388 g/mol. The van der Waals surface area contributed by atoms with Crippen LogP contribution in [0, 0.1) is 18.3 Å². The van der Waals surface area contributed by atoms with Crippen LogP contribution in [0.2, 0.25) is 0 Å². The Morgan fingerprint density at radius 3 is 2.84 bits per heavy atom. The monoisotopic (exact) mass is 414 g/mol. The molecule has 1 saturated heterocycles. The van der Waals surface area contributed by atoms with Crippen LogP contribution in [0.25, 0.3) is 17.0 Å². The first-order valence-corrected chi connectivity index (χ1v) is 10.5. The number of fused-ring (bicyclic) bond motifs is 1. The highest BCUT2D eigenvalue weighted by molar-refractivity contribution is 6.01. The van der Waals surface area contributed by atoms with E-state index in [1.807, 2.05) is 49.5 Å². The zero-order valence-electron chi connectivity index (χ0n) is 17.6. The SMILES string of the molecule is Cc1cc(N2CCOCC2)ccc1/C=C(/C#N)C(=O)NCCc1c[nH]c2ccccc12. The zero-order chi connectivity index (χ0) is 21.6. The third-order valence-electron chi connectivity index (χ3n) is 5.65. The standard InChI is InChI=1S/C25H26N4O2/c1-18-14-22(29-10-12-31-13-11-29)7-6-19(18)15-21(16-26)25(30)27-9-8-20-17-28-24-5-3-2-4-23(20)24/h2-7,14-15,17,28H,8-13H2,1H3,(H,27,30)/b21-15-. The molecule has 6 heteroatoms. The number of nitrogens with zero attached hydrogens (tertiary/aromatic N) is 2. The van der Waals surface area contributed by atoms with Gasteiger partial charge in [-0.2, -0.15) is 5.26 Å². The predicted molar refractivity (Wildman–Crippen MR) is 123 cm³/mol. The maximum absolute atomic E-state index is 12.6. The number of ether oxygens (including phenoxy) is 1. The fourth-order valence-electron chi connectivity index (χ4n) is 3.89. The molecule has 0 atom stereocenters. The number of H-pyrrole nitrogens is 1. The molecule has 0 radical (unpaired) electrons. The molecule has 0 bridgehead atoms. The smallest absolute Gasteiger partial charge is 0.261 e. The molecule has 31 heavy (non-hydrogen) atoms. The summed E-state index contributed by atoms with van der Waals surface area (Å²) in [6.07, 6.45) is 4.33. The second-order valence-corrected chi connectivity index (χ2v) is 7.68. The van der Waals surface area contributed by atoms with E-state index >= 15 is 0 Å². The van der Waals surface area contributed by atoms with Gasteiger partial charge in [0.1, 0.15) is 11.6 Å². The molecule has 2 N–H and O–H groups in total. The summed E-state index contributed by atoms with van der Waals surface area (Å²) in [5.41, 5.74) is 5.38. The third kappa shape index (κ3) is 4.79. The molecule has 2 aromatic carbocycles. The molecule has 0 aliphatic carbocycles. The Morgan fingerprint density at radius 2 is 2.06 bits per heavy atom. The number of carbonyl (C=O) groups is 1. The summed E-state index contributed by atoms with van der Waals surface area (Å²) in [5.74, 6) is -0.348. The Bertz CT molecular complexity index is 1150. The van der Waals surface area contributed by atoms with E-state index in [9.17, 15) is 10.1 Å². The number of hydrogen-bond acceptors (Lipinski definition) is 4. The average molecular weight is 415 g/mol. The molecule has 0 spiro atoms. The molecule has 0 saturated carbocycles. The van der Waals surface area contributed by atoms with E-state index in [0.29, 0.717) is 13.0 Å². The van der Waals surface area contributed by atoms with Crippen LogP contribution < -0.4 is 10.2 Å². The van der Waals surface area contributed by atoms with Crippen molar-refractivity contribution in [1.29, 1.82) is 5.26 Å². The van der Waals surface area contributed by atoms with Crippen molar-refractivity contribution in [3.05, 3.63) is 70.9 Å². The number of aromatic nitrogens is 1. The van der Waals surface area contributed by atoms with Crippen LogP contribution in [-0.2, 0) is 16.0 Å². The van der Waals surface area contributed by atoms with Crippen molar-refractivity contribution in [3.63, 3.8) is 0 Å². The Kier molecular flexibility index (Phi) is 6.34. The molecule has 4 rings (SSSR count). The second-order valence-electron chi connectivity index (χ2n) is 7.68. The fourth-order valence-corrected chi connectivity index (χ4v) is 3.89. The van der Waals surface area contributed by atoms with Gasteiger partial charge in [0.05, 0.1) is 13.2 Å². The van der Waals surface area contributed by atoms with Gasteiger partial charge in [0.15, 0.2) is 0 Å². The van der Waals surface area contributed by atoms with Gasteiger partial charge in [0, 0.05) is 42.4 Å². The Labute approximate surface area is 182 Å². The van der Waals surface area contributed by atoms with Crippen molar-refractivity contribution in [2.24, 2.45) is 0 Å². The summed E-state index contributed by atoms with van der Waals surface area (Å²) in [4.78, 5) is 18.1. The largest absolute Gasteiger partial charge is 0.378 e. The Morgan fingerprint density at radius 1 is 1.26 bits per heavy atom. The van der Waals surface area contributed by atoms with E-state index in [2.05, 4.69) is 27.3 Å². The number of amides is 1. The van der Waals surface area contributed by atoms with Gasteiger partial charge in [0.25, 0.3) is 5.91 Å². The number of carbonyl (C=O) groups excluding carboxylic acids is 1. The lowest BCUT2D eigenvalue weighted by molar-refractivity contribution is -0.117. The van der Waals surface area contributed by atoms with Gasteiger partial charge in [-0.1, -0.05) is 24.3 Å². The van der Waals surface area contributed by atoms with Gasteiger partial charge in [-0.05, 0) is 54.3 Å². The normalized spacial score (nSPS) is 14.5. The molecule has 2 heterocycles. The van der Waals surface area contributed by atoms with Crippen LogP contribution in [0.4, 0.5) is 5.69 Å². The number of anilines is 1. The second kappa shape index (κ2) is 9.50. The van der Waals surface area contributed by atoms with E-state index in [1.165, 1.54) is 0 Å². The Hall–Kier alpha value is -3.56. The van der Waals surface area contributed by atoms with Gasteiger partial charge >= 0.3 is 0 Å². The maximum atomic E-state index is 12.6. The highest BCUT2D eigenvalue weighted by Gasteiger charge is 2.13. The molecule has 6 nitrogen and oxygen atoms in total. The minimum absolute atomic E-state index is 0.112. The first-order valence-electron chi connectivity index (χ1n) is 10.5. The molecule has 1 amide bonds. The summed E-state index contributed by atoms with van der Waals surface area (Å²) < 4.78 is 5.41. The van der Waals surface area contributed by atoms with Gasteiger partial charge in [-0.25, -0.2) is 0 Å². The number of hydrogen-bond donors (Lipinski definition) is 2. The van der Waals surface area contributed by atoms with Crippen molar-refractivity contribution in [3.8, 4) is 6.07 Å². The lowest BCUT2D eigenvalue weighted by atomic mass is 10.0. The van der Waals surface area contributed by atoms with E-state index in [4.69, 9.17) is 4.74 Å². The van der Waals surface area contributed by atoms with Crippen molar-refractivity contribution < 1.29 is 9.53 Å². The van der Waals surface area contributed by atoms with Crippen LogP contribution in [-0.4, -0.2) is 43.7 Å².